The van der Waals surface area contributed by atoms with Crippen molar-refractivity contribution in [3.05, 3.63) is 60.7 Å². The second kappa shape index (κ2) is 7.63. The summed E-state index contributed by atoms with van der Waals surface area (Å²) < 4.78 is 0.112. The van der Waals surface area contributed by atoms with E-state index in [1.807, 2.05) is 0 Å². The molecular weight excluding hydrogens is 336 g/mol. The van der Waals surface area contributed by atoms with E-state index in [1.165, 1.54) is 29.3 Å². The maximum absolute atomic E-state index is 5.84. The van der Waals surface area contributed by atoms with Crippen molar-refractivity contribution < 1.29 is 0 Å². The van der Waals surface area contributed by atoms with Crippen molar-refractivity contribution in [1.29, 1.82) is 0 Å². The Labute approximate surface area is 137 Å². The molecule has 21 heavy (non-hydrogen) atoms. The van der Waals surface area contributed by atoms with Crippen LogP contribution in [0.25, 0.3) is 0 Å². The molecule has 2 rings (SSSR count). The van der Waals surface area contributed by atoms with Gasteiger partial charge in [-0.2, -0.15) is 0 Å². The lowest BCUT2D eigenvalue weighted by molar-refractivity contribution is 0.870. The molecule has 0 saturated carbocycles. The van der Waals surface area contributed by atoms with Crippen LogP contribution >= 0.6 is 15.9 Å². The highest BCUT2D eigenvalue weighted by Gasteiger charge is 2.42. The Morgan fingerprint density at radius 1 is 1.00 bits per heavy atom. The fraction of sp³-hybridized carbons (Fsp3) is 0.263. The highest BCUT2D eigenvalue weighted by atomic mass is 79.9. The topological polar surface area (TPSA) is 0 Å². The van der Waals surface area contributed by atoms with Gasteiger partial charge in [-0.15, -0.1) is 6.42 Å². The summed E-state index contributed by atoms with van der Waals surface area (Å²) in [6.45, 7) is 2.24. The van der Waals surface area contributed by atoms with Crippen molar-refractivity contribution in [2.75, 3.05) is 0 Å². The van der Waals surface area contributed by atoms with Gasteiger partial charge in [0, 0.05) is 0 Å². The van der Waals surface area contributed by atoms with Gasteiger partial charge in [-0.05, 0) is 6.04 Å². The van der Waals surface area contributed by atoms with Gasteiger partial charge in [-0.25, -0.2) is 0 Å². The van der Waals surface area contributed by atoms with Crippen LogP contribution in [-0.4, -0.2) is 12.5 Å². The molecule has 0 amide bonds. The summed E-state index contributed by atoms with van der Waals surface area (Å²) in [4.78, 5) is 0. The molecular formula is C19H21BrSi. The van der Waals surface area contributed by atoms with Crippen LogP contribution in [0.3, 0.4) is 0 Å². The third-order valence-corrected chi connectivity index (χ3v) is 11.6. The number of halogens is 1. The number of hydrogen-bond donors (Lipinski definition) is 0. The molecule has 0 heterocycles. The Morgan fingerprint density at radius 2 is 1.48 bits per heavy atom. The molecule has 0 radical (unpaired) electrons. The number of terminal acetylenes is 1. The molecule has 1 unspecified atom stereocenters. The Morgan fingerprint density at radius 3 is 1.86 bits per heavy atom. The molecule has 0 nitrogen and oxygen atoms in total. The van der Waals surface area contributed by atoms with E-state index >= 15 is 0 Å². The van der Waals surface area contributed by atoms with Crippen molar-refractivity contribution in [2.24, 2.45) is 0 Å². The fourth-order valence-corrected chi connectivity index (χ4v) is 9.74. The summed E-state index contributed by atoms with van der Waals surface area (Å²) in [5.41, 5.74) is 0. The zero-order valence-electron chi connectivity index (χ0n) is 12.4. The standard InChI is InChI=1S/C19H21BrSi/c1-3-5-16-21(19(20)4-2,17-12-8-6-9-13-17)18-14-10-7-11-15-18/h2,6-15,19H,3,5,16H2,1H3. The second-order valence-corrected chi connectivity index (χ2v) is 11.3. The zero-order valence-corrected chi connectivity index (χ0v) is 15.0. The molecule has 0 aliphatic rings. The van der Waals surface area contributed by atoms with E-state index in [-0.39, 0.29) is 4.45 Å². The van der Waals surface area contributed by atoms with Gasteiger partial charge in [0.25, 0.3) is 0 Å². The normalized spacial score (nSPS) is 12.6. The summed E-state index contributed by atoms with van der Waals surface area (Å²) in [6, 6.07) is 22.8. The van der Waals surface area contributed by atoms with Crippen LogP contribution in [0.1, 0.15) is 19.8 Å². The van der Waals surface area contributed by atoms with Crippen molar-refractivity contribution in [1.82, 2.24) is 0 Å². The average Bonchev–Trinajstić information content (AvgIpc) is 2.57. The molecule has 0 aliphatic carbocycles. The molecule has 1 atom stereocenters. The number of hydrogen-bond acceptors (Lipinski definition) is 0. The van der Waals surface area contributed by atoms with E-state index in [9.17, 15) is 0 Å². The van der Waals surface area contributed by atoms with E-state index in [0.29, 0.717) is 0 Å². The highest BCUT2D eigenvalue weighted by molar-refractivity contribution is 9.10. The van der Waals surface area contributed by atoms with Gasteiger partial charge >= 0.3 is 0 Å². The summed E-state index contributed by atoms with van der Waals surface area (Å²) >= 11 is 3.83. The van der Waals surface area contributed by atoms with Crippen LogP contribution < -0.4 is 10.4 Å². The predicted molar refractivity (Wildman–Crippen MR) is 99.2 cm³/mol. The van der Waals surface area contributed by atoms with Crippen molar-refractivity contribution in [3.8, 4) is 12.3 Å². The van der Waals surface area contributed by atoms with Crippen molar-refractivity contribution in [2.45, 2.75) is 30.3 Å². The molecule has 0 saturated heterocycles. The molecule has 2 aromatic rings. The van der Waals surface area contributed by atoms with Crippen LogP contribution in [0.4, 0.5) is 0 Å². The minimum absolute atomic E-state index is 0.112. The summed E-state index contributed by atoms with van der Waals surface area (Å²) in [7, 11) is -1.99. The molecule has 0 aliphatic heterocycles. The monoisotopic (exact) mass is 356 g/mol. The summed E-state index contributed by atoms with van der Waals surface area (Å²) in [5.74, 6) is 2.99. The van der Waals surface area contributed by atoms with Crippen molar-refractivity contribution >= 4 is 34.4 Å². The highest BCUT2D eigenvalue weighted by Crippen LogP contribution is 2.24. The van der Waals surface area contributed by atoms with E-state index < -0.39 is 8.07 Å². The SMILES string of the molecule is C#CC(Br)[Si](CCCC)(c1ccccc1)c1ccccc1. The molecule has 2 aromatic carbocycles. The van der Waals surface area contributed by atoms with Gasteiger partial charge in [0.15, 0.2) is 0 Å². The number of alkyl halides is 1. The van der Waals surface area contributed by atoms with Crippen LogP contribution in [0, 0.1) is 12.3 Å². The Bertz CT molecular complexity index is 546. The predicted octanol–water partition coefficient (Wildman–Crippen LogP) is 3.99. The van der Waals surface area contributed by atoms with Gasteiger partial charge in [0.05, 0.1) is 4.45 Å². The van der Waals surface area contributed by atoms with Crippen LogP contribution in [0.15, 0.2) is 60.7 Å². The molecule has 108 valence electrons. The van der Waals surface area contributed by atoms with Gasteiger partial charge in [-0.3, -0.25) is 0 Å². The average molecular weight is 357 g/mol. The number of benzene rings is 2. The summed E-state index contributed by atoms with van der Waals surface area (Å²) in [6.07, 6.45) is 8.24. The van der Waals surface area contributed by atoms with Crippen LogP contribution in [-0.2, 0) is 0 Å². The first kappa shape index (κ1) is 16.1. The van der Waals surface area contributed by atoms with Gasteiger partial charge in [0.1, 0.15) is 8.07 Å². The Kier molecular flexibility index (Phi) is 5.84. The first-order valence-corrected chi connectivity index (χ1v) is 10.7. The Hall–Kier alpha value is -1.30. The molecule has 0 bridgehead atoms. The van der Waals surface area contributed by atoms with Crippen molar-refractivity contribution in [3.63, 3.8) is 0 Å². The van der Waals surface area contributed by atoms with E-state index in [0.717, 1.165) is 0 Å². The Balaban J connectivity index is 2.63. The quantitative estimate of drug-likeness (QED) is 0.417. The smallest absolute Gasteiger partial charge is 0.119 e. The number of rotatable bonds is 6. The molecule has 0 aromatic heterocycles. The van der Waals surface area contributed by atoms with Crippen LogP contribution in [0.2, 0.25) is 6.04 Å². The molecule has 0 N–H and O–H groups in total. The lowest BCUT2D eigenvalue weighted by Gasteiger charge is -2.35. The largest absolute Gasteiger partial charge is 0.145 e. The maximum atomic E-state index is 5.84. The summed E-state index contributed by atoms with van der Waals surface area (Å²) in [5, 5.41) is 2.84. The van der Waals surface area contributed by atoms with Gasteiger partial charge in [-0.1, -0.05) is 113 Å². The lowest BCUT2D eigenvalue weighted by Crippen LogP contribution is -2.64. The fourth-order valence-electron chi connectivity index (χ4n) is 2.94. The third-order valence-electron chi connectivity index (χ3n) is 4.08. The third kappa shape index (κ3) is 3.31. The molecule has 0 fully saturated rings. The molecule has 2 heteroatoms. The van der Waals surface area contributed by atoms with Gasteiger partial charge < -0.3 is 0 Å². The minimum Gasteiger partial charge on any atom is -0.119 e. The maximum Gasteiger partial charge on any atom is 0.145 e. The minimum atomic E-state index is -1.99. The van der Waals surface area contributed by atoms with Crippen LogP contribution in [0.5, 0.6) is 0 Å². The lowest BCUT2D eigenvalue weighted by atomic mass is 10.4. The number of unbranched alkanes of at least 4 members (excludes halogenated alkanes) is 1. The van der Waals surface area contributed by atoms with Gasteiger partial charge in [0.2, 0.25) is 0 Å². The van der Waals surface area contributed by atoms with E-state index in [1.54, 1.807) is 0 Å². The van der Waals surface area contributed by atoms with E-state index in [4.69, 9.17) is 6.42 Å². The molecule has 0 spiro atoms. The second-order valence-electron chi connectivity index (χ2n) is 5.34. The first-order chi connectivity index (χ1) is 10.3. The van der Waals surface area contributed by atoms with E-state index in [2.05, 4.69) is 89.4 Å². The first-order valence-electron chi connectivity index (χ1n) is 7.47. The zero-order chi connectivity index (χ0) is 15.1.